The number of nitrogen functional groups attached to an aromatic ring is 1. The summed E-state index contributed by atoms with van der Waals surface area (Å²) in [6.07, 6.45) is 8.40. The number of aromatic nitrogens is 3. The Kier molecular flexibility index (Phi) is 6.89. The number of rotatable bonds is 7. The molecule has 3 N–H and O–H groups in total. The number of nitrogens with zero attached hydrogens (tertiary/aromatic N) is 3. The van der Waals surface area contributed by atoms with E-state index in [1.807, 2.05) is 0 Å². The average molecular weight is 460 g/mol. The van der Waals surface area contributed by atoms with Crippen LogP contribution in [0.5, 0.6) is 11.6 Å². The Morgan fingerprint density at radius 3 is 2.66 bits per heavy atom. The number of nitrogens with one attached hydrogen (secondary N) is 1. The molecule has 10 heteroatoms. The Morgan fingerprint density at radius 1 is 1.06 bits per heavy atom. The molecule has 0 aliphatic heterocycles. The second-order valence-electron chi connectivity index (χ2n) is 7.62. The van der Waals surface area contributed by atoms with E-state index in [0.29, 0.717) is 22.9 Å². The Hall–Kier alpha value is -3.14. The van der Waals surface area contributed by atoms with Gasteiger partial charge in [-0.1, -0.05) is 19.3 Å². The molecule has 1 saturated carbocycles. The van der Waals surface area contributed by atoms with Crippen molar-refractivity contribution in [1.82, 2.24) is 15.0 Å². The number of hydrogen-bond donors (Lipinski definition) is 2. The third-order valence-electron chi connectivity index (χ3n) is 5.31. The van der Waals surface area contributed by atoms with E-state index >= 15 is 0 Å². The lowest BCUT2D eigenvalue weighted by Crippen LogP contribution is -2.19. The van der Waals surface area contributed by atoms with Crippen LogP contribution in [-0.4, -0.2) is 24.9 Å². The van der Waals surface area contributed by atoms with Crippen LogP contribution in [0.3, 0.4) is 0 Å². The summed E-state index contributed by atoms with van der Waals surface area (Å²) >= 11 is 0. The summed E-state index contributed by atoms with van der Waals surface area (Å²) in [4.78, 5) is 12.1. The lowest BCUT2D eigenvalue weighted by atomic mass is 9.91. The summed E-state index contributed by atoms with van der Waals surface area (Å²) in [7, 11) is -1.50. The number of benzene rings is 1. The number of pyridine rings is 1. The van der Waals surface area contributed by atoms with Crippen LogP contribution in [0.25, 0.3) is 11.3 Å². The van der Waals surface area contributed by atoms with Gasteiger partial charge in [0.15, 0.2) is 11.6 Å². The van der Waals surface area contributed by atoms with Gasteiger partial charge >= 0.3 is 0 Å². The van der Waals surface area contributed by atoms with Crippen LogP contribution >= 0.6 is 0 Å². The molecule has 2 heterocycles. The third kappa shape index (κ3) is 5.18. The van der Waals surface area contributed by atoms with E-state index in [-0.39, 0.29) is 23.3 Å². The highest BCUT2D eigenvalue weighted by atomic mass is 32.2. The topological polar surface area (TPSA) is 103 Å². The SMILES string of the molecule is Nc1nccc(-c2cccnc2Oc2ccc(NS(=O)CC3CCCCC3)c(F)c2F)n1. The molecule has 1 atom stereocenters. The van der Waals surface area contributed by atoms with Crippen LogP contribution in [0.1, 0.15) is 32.1 Å². The van der Waals surface area contributed by atoms with Crippen LogP contribution < -0.4 is 15.2 Å². The van der Waals surface area contributed by atoms with Crippen LogP contribution in [0.15, 0.2) is 42.7 Å². The van der Waals surface area contributed by atoms with Crippen molar-refractivity contribution in [1.29, 1.82) is 0 Å². The molecule has 1 fully saturated rings. The van der Waals surface area contributed by atoms with Crippen molar-refractivity contribution in [2.24, 2.45) is 5.92 Å². The molecule has 7 nitrogen and oxygen atoms in total. The highest BCUT2D eigenvalue weighted by Gasteiger charge is 2.21. The monoisotopic (exact) mass is 459 g/mol. The van der Waals surface area contributed by atoms with Crippen molar-refractivity contribution in [3.8, 4) is 22.9 Å². The Balaban J connectivity index is 1.51. The second kappa shape index (κ2) is 9.99. The molecule has 4 rings (SSSR count). The maximum atomic E-state index is 14.7. The van der Waals surface area contributed by atoms with Crippen LogP contribution in [0.4, 0.5) is 20.4 Å². The zero-order valence-corrected chi connectivity index (χ0v) is 18.1. The summed E-state index contributed by atoms with van der Waals surface area (Å²) in [6.45, 7) is 0. The van der Waals surface area contributed by atoms with Gasteiger partial charge in [-0.25, -0.2) is 23.6 Å². The quantitative estimate of drug-likeness (QED) is 0.524. The molecular formula is C22H23F2N5O2S. The maximum Gasteiger partial charge on any atom is 0.228 e. The zero-order chi connectivity index (χ0) is 22.5. The summed E-state index contributed by atoms with van der Waals surface area (Å²) in [5.74, 6) is -1.87. The molecule has 168 valence electrons. The Labute approximate surface area is 187 Å². The highest BCUT2D eigenvalue weighted by Crippen LogP contribution is 2.34. The molecule has 0 amide bonds. The molecule has 0 bridgehead atoms. The summed E-state index contributed by atoms with van der Waals surface area (Å²) < 4.78 is 50.0. The first-order valence-electron chi connectivity index (χ1n) is 10.4. The molecule has 0 spiro atoms. The summed E-state index contributed by atoms with van der Waals surface area (Å²) in [5.41, 5.74) is 6.33. The summed E-state index contributed by atoms with van der Waals surface area (Å²) in [5, 5.41) is 0. The van der Waals surface area contributed by atoms with Gasteiger partial charge in [0.2, 0.25) is 17.6 Å². The second-order valence-corrected chi connectivity index (χ2v) is 8.84. The molecule has 1 aromatic carbocycles. The lowest BCUT2D eigenvalue weighted by molar-refractivity contribution is 0.388. The van der Waals surface area contributed by atoms with Crippen molar-refractivity contribution < 1.29 is 17.7 Å². The first-order valence-corrected chi connectivity index (χ1v) is 11.7. The molecule has 2 aromatic heterocycles. The first kappa shape index (κ1) is 22.1. The van der Waals surface area contributed by atoms with Gasteiger partial charge in [-0.3, -0.25) is 0 Å². The van der Waals surface area contributed by atoms with Crippen molar-refractivity contribution >= 4 is 22.6 Å². The largest absolute Gasteiger partial charge is 0.435 e. The number of ether oxygens (including phenoxy) is 1. The molecule has 32 heavy (non-hydrogen) atoms. The Bertz CT molecular complexity index is 1130. The number of hydrogen-bond acceptors (Lipinski definition) is 6. The van der Waals surface area contributed by atoms with Gasteiger partial charge in [-0.05, 0) is 49.1 Å². The molecule has 1 aliphatic carbocycles. The van der Waals surface area contributed by atoms with Crippen LogP contribution in [0.2, 0.25) is 0 Å². The van der Waals surface area contributed by atoms with Gasteiger partial charge in [-0.2, -0.15) is 4.39 Å². The number of nitrogens with two attached hydrogens (primary N) is 1. The van der Waals surface area contributed by atoms with Crippen molar-refractivity contribution in [3.05, 3.63) is 54.4 Å². The standard InChI is InChI=1S/C22H23F2N5O2S/c23-19-17(29-32(30)13-14-5-2-1-3-6-14)8-9-18(20(19)24)31-21-15(7-4-11-26-21)16-10-12-27-22(25)28-16/h4,7-12,14,29H,1-3,5-6,13H2,(H2,25,27,28). The smallest absolute Gasteiger partial charge is 0.228 e. The van der Waals surface area contributed by atoms with Crippen LogP contribution in [0, 0.1) is 17.6 Å². The normalized spacial score (nSPS) is 15.3. The van der Waals surface area contributed by atoms with Crippen molar-refractivity contribution in [3.63, 3.8) is 0 Å². The lowest BCUT2D eigenvalue weighted by Gasteiger charge is -2.21. The maximum absolute atomic E-state index is 14.7. The van der Waals surface area contributed by atoms with E-state index in [4.69, 9.17) is 10.5 Å². The molecule has 0 saturated heterocycles. The minimum absolute atomic E-state index is 0.0329. The fourth-order valence-electron chi connectivity index (χ4n) is 3.72. The highest BCUT2D eigenvalue weighted by molar-refractivity contribution is 7.86. The van der Waals surface area contributed by atoms with E-state index in [0.717, 1.165) is 25.7 Å². The average Bonchev–Trinajstić information content (AvgIpc) is 2.80. The van der Waals surface area contributed by atoms with Gasteiger partial charge in [0.05, 0.1) is 16.9 Å². The summed E-state index contributed by atoms with van der Waals surface area (Å²) in [6, 6.07) is 7.50. The van der Waals surface area contributed by atoms with Gasteiger partial charge in [0.1, 0.15) is 11.0 Å². The Morgan fingerprint density at radius 2 is 1.88 bits per heavy atom. The minimum atomic E-state index is -1.50. The van der Waals surface area contributed by atoms with Gasteiger partial charge in [0, 0.05) is 18.1 Å². The van der Waals surface area contributed by atoms with Crippen LogP contribution in [-0.2, 0) is 11.0 Å². The van der Waals surface area contributed by atoms with E-state index in [2.05, 4.69) is 19.7 Å². The first-order chi connectivity index (χ1) is 15.5. The minimum Gasteiger partial charge on any atom is -0.435 e. The van der Waals surface area contributed by atoms with Crippen molar-refractivity contribution in [2.75, 3.05) is 16.2 Å². The fourth-order valence-corrected chi connectivity index (χ4v) is 4.96. The predicted octanol–water partition coefficient (Wildman–Crippen LogP) is 4.85. The van der Waals surface area contributed by atoms with E-state index in [1.165, 1.54) is 30.9 Å². The molecule has 1 aliphatic rings. The molecule has 0 radical (unpaired) electrons. The number of anilines is 2. The van der Waals surface area contributed by atoms with Gasteiger partial charge in [-0.15, -0.1) is 0 Å². The van der Waals surface area contributed by atoms with E-state index in [1.54, 1.807) is 18.2 Å². The molecule has 3 aromatic rings. The third-order valence-corrected chi connectivity index (χ3v) is 6.53. The molecule has 1 unspecified atom stereocenters. The van der Waals surface area contributed by atoms with Crippen molar-refractivity contribution in [2.45, 2.75) is 32.1 Å². The van der Waals surface area contributed by atoms with E-state index in [9.17, 15) is 13.0 Å². The fraction of sp³-hybridized carbons (Fsp3) is 0.318. The van der Waals surface area contributed by atoms with Gasteiger partial charge in [0.25, 0.3) is 0 Å². The molecular weight excluding hydrogens is 436 g/mol. The van der Waals surface area contributed by atoms with Gasteiger partial charge < -0.3 is 15.2 Å². The number of halogens is 2. The predicted molar refractivity (Wildman–Crippen MR) is 119 cm³/mol. The zero-order valence-electron chi connectivity index (χ0n) is 17.3. The van der Waals surface area contributed by atoms with E-state index < -0.39 is 22.6 Å².